The SMILES string of the molecule is C=CCOC[C@@H](O)CN(Cc1cccn1Cc1ccc(C(C)(C)C)cc1)[C@H](C)C(C)C. The lowest BCUT2D eigenvalue weighted by molar-refractivity contribution is 0.0103. The monoisotopic (exact) mass is 426 g/mol. The maximum atomic E-state index is 10.5. The number of aliphatic hydroxyl groups is 1. The second-order valence-corrected chi connectivity index (χ2v) is 9.97. The van der Waals surface area contributed by atoms with Crippen molar-refractivity contribution in [1.82, 2.24) is 9.47 Å². The van der Waals surface area contributed by atoms with E-state index >= 15 is 0 Å². The lowest BCUT2D eigenvalue weighted by Gasteiger charge is -2.33. The van der Waals surface area contributed by atoms with Crippen molar-refractivity contribution in [2.45, 2.75) is 72.2 Å². The molecule has 0 aliphatic rings. The number of rotatable bonds is 12. The van der Waals surface area contributed by atoms with Crippen molar-refractivity contribution in [3.05, 3.63) is 72.1 Å². The van der Waals surface area contributed by atoms with Gasteiger partial charge in [0.1, 0.15) is 0 Å². The fraction of sp³-hybridized carbons (Fsp3) is 0.556. The minimum Gasteiger partial charge on any atom is -0.389 e. The highest BCUT2D eigenvalue weighted by atomic mass is 16.5. The normalized spacial score (nSPS) is 14.2. The van der Waals surface area contributed by atoms with Crippen molar-refractivity contribution in [3.8, 4) is 0 Å². The summed E-state index contributed by atoms with van der Waals surface area (Å²) in [7, 11) is 0. The maximum Gasteiger partial charge on any atom is 0.0900 e. The van der Waals surface area contributed by atoms with Crippen LogP contribution in [0.4, 0.5) is 0 Å². The molecule has 0 spiro atoms. The average molecular weight is 427 g/mol. The second-order valence-electron chi connectivity index (χ2n) is 9.97. The first-order valence-corrected chi connectivity index (χ1v) is 11.5. The summed E-state index contributed by atoms with van der Waals surface area (Å²) in [6.07, 6.45) is 3.34. The Labute approximate surface area is 189 Å². The van der Waals surface area contributed by atoms with Crippen molar-refractivity contribution >= 4 is 0 Å². The largest absolute Gasteiger partial charge is 0.389 e. The lowest BCUT2D eigenvalue weighted by atomic mass is 9.87. The van der Waals surface area contributed by atoms with Gasteiger partial charge in [0.2, 0.25) is 0 Å². The smallest absolute Gasteiger partial charge is 0.0900 e. The van der Waals surface area contributed by atoms with Gasteiger partial charge >= 0.3 is 0 Å². The van der Waals surface area contributed by atoms with E-state index in [1.54, 1.807) is 6.08 Å². The molecule has 0 fully saturated rings. The standard InChI is InChI=1S/C27H42N2O2/c1-8-16-31-20-26(30)19-29(22(4)21(2)3)18-25-10-9-15-28(25)17-23-11-13-24(14-12-23)27(5,6)7/h8-15,21-22,26,30H,1,16-20H2,2-7H3/t22-,26+/m1/s1. The van der Waals surface area contributed by atoms with Gasteiger partial charge in [0.25, 0.3) is 0 Å². The van der Waals surface area contributed by atoms with Gasteiger partial charge in [-0.1, -0.05) is 65.0 Å². The average Bonchev–Trinajstić information content (AvgIpc) is 3.13. The second kappa shape index (κ2) is 11.7. The minimum atomic E-state index is -0.519. The van der Waals surface area contributed by atoms with Gasteiger partial charge in [0.05, 0.1) is 19.3 Å². The summed E-state index contributed by atoms with van der Waals surface area (Å²) in [5.41, 5.74) is 4.08. The summed E-state index contributed by atoms with van der Waals surface area (Å²) in [6.45, 7) is 20.1. The van der Waals surface area contributed by atoms with Crippen LogP contribution < -0.4 is 0 Å². The molecule has 1 N–H and O–H groups in total. The Hall–Kier alpha value is -1.88. The van der Waals surface area contributed by atoms with E-state index in [1.807, 2.05) is 0 Å². The molecule has 2 aromatic rings. The van der Waals surface area contributed by atoms with Gasteiger partial charge in [-0.15, -0.1) is 6.58 Å². The van der Waals surface area contributed by atoms with Gasteiger partial charge < -0.3 is 14.4 Å². The van der Waals surface area contributed by atoms with Gasteiger partial charge in [-0.2, -0.15) is 0 Å². The zero-order valence-electron chi connectivity index (χ0n) is 20.3. The summed E-state index contributed by atoms with van der Waals surface area (Å²) >= 11 is 0. The molecule has 1 aromatic heterocycles. The molecule has 2 atom stereocenters. The molecule has 0 aliphatic carbocycles. The number of benzene rings is 1. The fourth-order valence-corrected chi connectivity index (χ4v) is 3.67. The highest BCUT2D eigenvalue weighted by Gasteiger charge is 2.22. The Bertz CT molecular complexity index is 786. The molecule has 0 saturated heterocycles. The van der Waals surface area contributed by atoms with Crippen LogP contribution in [0.2, 0.25) is 0 Å². The zero-order chi connectivity index (χ0) is 23.0. The third-order valence-corrected chi connectivity index (χ3v) is 5.99. The molecule has 0 saturated carbocycles. The van der Waals surface area contributed by atoms with Crippen molar-refractivity contribution in [3.63, 3.8) is 0 Å². The first-order chi connectivity index (χ1) is 14.6. The quantitative estimate of drug-likeness (QED) is 0.372. The van der Waals surface area contributed by atoms with E-state index in [4.69, 9.17) is 4.74 Å². The molecule has 4 heteroatoms. The number of hydrogen-bond donors (Lipinski definition) is 1. The Balaban J connectivity index is 2.10. The molecule has 1 heterocycles. The molecule has 31 heavy (non-hydrogen) atoms. The third kappa shape index (κ3) is 7.95. The maximum absolute atomic E-state index is 10.5. The highest BCUT2D eigenvalue weighted by molar-refractivity contribution is 5.28. The van der Waals surface area contributed by atoms with E-state index in [9.17, 15) is 5.11 Å². The Kier molecular flexibility index (Phi) is 9.54. The number of aromatic nitrogens is 1. The number of ether oxygens (including phenoxy) is 1. The first kappa shape index (κ1) is 25.4. The molecular formula is C27H42N2O2. The first-order valence-electron chi connectivity index (χ1n) is 11.5. The minimum absolute atomic E-state index is 0.168. The molecular weight excluding hydrogens is 384 g/mol. The Morgan fingerprint density at radius 2 is 1.81 bits per heavy atom. The summed E-state index contributed by atoms with van der Waals surface area (Å²) in [5.74, 6) is 0.495. The van der Waals surface area contributed by atoms with Gasteiger partial charge in [0, 0.05) is 37.6 Å². The molecule has 0 bridgehead atoms. The van der Waals surface area contributed by atoms with Gasteiger partial charge in [-0.25, -0.2) is 0 Å². The highest BCUT2D eigenvalue weighted by Crippen LogP contribution is 2.23. The number of aliphatic hydroxyl groups excluding tert-OH is 1. The Morgan fingerprint density at radius 3 is 2.39 bits per heavy atom. The van der Waals surface area contributed by atoms with Crippen LogP contribution in [0.25, 0.3) is 0 Å². The fourth-order valence-electron chi connectivity index (χ4n) is 3.67. The summed E-state index contributed by atoms with van der Waals surface area (Å²) in [4.78, 5) is 2.36. The van der Waals surface area contributed by atoms with Crippen molar-refractivity contribution < 1.29 is 9.84 Å². The molecule has 0 amide bonds. The predicted octanol–water partition coefficient (Wildman–Crippen LogP) is 5.24. The van der Waals surface area contributed by atoms with Gasteiger partial charge in [-0.05, 0) is 41.5 Å². The zero-order valence-corrected chi connectivity index (χ0v) is 20.3. The van der Waals surface area contributed by atoms with Crippen LogP contribution in [0.5, 0.6) is 0 Å². The van der Waals surface area contributed by atoms with Crippen molar-refractivity contribution in [2.75, 3.05) is 19.8 Å². The topological polar surface area (TPSA) is 37.6 Å². The van der Waals surface area contributed by atoms with Crippen LogP contribution in [-0.4, -0.2) is 46.5 Å². The predicted molar refractivity (Wildman–Crippen MR) is 130 cm³/mol. The number of nitrogens with zero attached hydrogens (tertiary/aromatic N) is 2. The molecule has 0 radical (unpaired) electrons. The van der Waals surface area contributed by atoms with E-state index in [2.05, 4.69) is 100 Å². The van der Waals surface area contributed by atoms with Crippen LogP contribution in [0.3, 0.4) is 0 Å². The Morgan fingerprint density at radius 1 is 1.13 bits per heavy atom. The lowest BCUT2D eigenvalue weighted by Crippen LogP contribution is -2.42. The molecule has 2 rings (SSSR count). The molecule has 1 aromatic carbocycles. The summed E-state index contributed by atoms with van der Waals surface area (Å²) in [5, 5.41) is 10.5. The van der Waals surface area contributed by atoms with E-state index < -0.39 is 6.10 Å². The molecule has 4 nitrogen and oxygen atoms in total. The van der Waals surface area contributed by atoms with E-state index in [0.29, 0.717) is 31.7 Å². The molecule has 0 aliphatic heterocycles. The molecule has 172 valence electrons. The van der Waals surface area contributed by atoms with Gasteiger partial charge in [-0.3, -0.25) is 4.90 Å². The third-order valence-electron chi connectivity index (χ3n) is 5.99. The van der Waals surface area contributed by atoms with Crippen LogP contribution in [0.1, 0.15) is 58.4 Å². The van der Waals surface area contributed by atoms with Crippen LogP contribution in [-0.2, 0) is 23.2 Å². The van der Waals surface area contributed by atoms with E-state index in [0.717, 1.165) is 13.1 Å². The number of hydrogen-bond acceptors (Lipinski definition) is 3. The molecule has 0 unspecified atom stereocenters. The summed E-state index contributed by atoms with van der Waals surface area (Å²) in [6, 6.07) is 13.6. The van der Waals surface area contributed by atoms with Crippen LogP contribution in [0.15, 0.2) is 55.3 Å². The van der Waals surface area contributed by atoms with Crippen LogP contribution in [0, 0.1) is 5.92 Å². The summed E-state index contributed by atoms with van der Waals surface area (Å²) < 4.78 is 7.77. The van der Waals surface area contributed by atoms with Crippen LogP contribution >= 0.6 is 0 Å². The van der Waals surface area contributed by atoms with Crippen molar-refractivity contribution in [1.29, 1.82) is 0 Å². The van der Waals surface area contributed by atoms with E-state index in [-0.39, 0.29) is 5.41 Å². The van der Waals surface area contributed by atoms with Crippen molar-refractivity contribution in [2.24, 2.45) is 5.92 Å². The van der Waals surface area contributed by atoms with E-state index in [1.165, 1.54) is 16.8 Å². The van der Waals surface area contributed by atoms with Gasteiger partial charge in [0.15, 0.2) is 0 Å².